The standard InChI is InChI=1S/C24H31NO4/c1-4-16-5-8-20(24(27)28)14-21(16)22-13-18(17-9-11-29-12-10-17)6-7-19(22)15-23(26)25(2)3/h4-5,8,14,17-18H,1,6-7,9-13,15H2,2-3H3,(H,27,28). The highest BCUT2D eigenvalue weighted by atomic mass is 16.5. The number of nitrogens with zero attached hydrogens (tertiary/aromatic N) is 1. The van der Waals surface area contributed by atoms with Crippen molar-refractivity contribution in [2.24, 2.45) is 11.8 Å². The number of amides is 1. The molecular weight excluding hydrogens is 366 g/mol. The molecule has 3 rings (SSSR count). The molecule has 0 radical (unpaired) electrons. The van der Waals surface area contributed by atoms with Crippen LogP contribution >= 0.6 is 0 Å². The van der Waals surface area contributed by atoms with E-state index in [-0.39, 0.29) is 11.5 Å². The van der Waals surface area contributed by atoms with Crippen LogP contribution in [0.1, 0.15) is 60.0 Å². The van der Waals surface area contributed by atoms with Gasteiger partial charge in [-0.2, -0.15) is 0 Å². The van der Waals surface area contributed by atoms with Crippen LogP contribution in [-0.2, 0) is 9.53 Å². The van der Waals surface area contributed by atoms with Gasteiger partial charge in [-0.25, -0.2) is 4.79 Å². The summed E-state index contributed by atoms with van der Waals surface area (Å²) < 4.78 is 5.54. The number of hydrogen-bond acceptors (Lipinski definition) is 3. The number of ether oxygens (including phenoxy) is 1. The second kappa shape index (κ2) is 9.40. The maximum Gasteiger partial charge on any atom is 0.335 e. The van der Waals surface area contributed by atoms with Crippen LogP contribution in [0, 0.1) is 11.8 Å². The lowest BCUT2D eigenvalue weighted by Gasteiger charge is -2.36. The molecule has 29 heavy (non-hydrogen) atoms. The minimum atomic E-state index is -0.940. The fraction of sp³-hybridized carbons (Fsp3) is 0.500. The summed E-state index contributed by atoms with van der Waals surface area (Å²) in [5, 5.41) is 9.49. The lowest BCUT2D eigenvalue weighted by Crippen LogP contribution is -2.27. The number of carbonyl (C=O) groups is 2. The first-order valence-corrected chi connectivity index (χ1v) is 10.4. The molecule has 1 aliphatic carbocycles. The van der Waals surface area contributed by atoms with Gasteiger partial charge in [-0.3, -0.25) is 4.79 Å². The first-order chi connectivity index (χ1) is 13.9. The van der Waals surface area contributed by atoms with Gasteiger partial charge in [0.2, 0.25) is 5.91 Å². The summed E-state index contributed by atoms with van der Waals surface area (Å²) in [4.78, 5) is 25.7. The third-order valence-electron chi connectivity index (χ3n) is 6.35. The van der Waals surface area contributed by atoms with Crippen molar-refractivity contribution in [3.63, 3.8) is 0 Å². The zero-order chi connectivity index (χ0) is 21.0. The molecule has 1 aromatic carbocycles. The first kappa shape index (κ1) is 21.3. The zero-order valence-electron chi connectivity index (χ0n) is 17.4. The molecule has 0 bridgehead atoms. The Balaban J connectivity index is 2.02. The molecule has 1 unspecified atom stereocenters. The first-order valence-electron chi connectivity index (χ1n) is 10.4. The summed E-state index contributed by atoms with van der Waals surface area (Å²) in [5.74, 6) is 0.305. The molecule has 1 N–H and O–H groups in total. The zero-order valence-corrected chi connectivity index (χ0v) is 17.4. The molecule has 1 amide bonds. The fourth-order valence-corrected chi connectivity index (χ4v) is 4.57. The summed E-state index contributed by atoms with van der Waals surface area (Å²) >= 11 is 0. The molecule has 0 saturated carbocycles. The van der Waals surface area contributed by atoms with Crippen molar-refractivity contribution in [1.82, 2.24) is 4.90 Å². The van der Waals surface area contributed by atoms with Crippen LogP contribution in [0.25, 0.3) is 11.6 Å². The van der Waals surface area contributed by atoms with E-state index in [1.807, 2.05) is 6.07 Å². The second-order valence-electron chi connectivity index (χ2n) is 8.31. The Morgan fingerprint density at radius 3 is 2.55 bits per heavy atom. The summed E-state index contributed by atoms with van der Waals surface area (Å²) in [5.41, 5.74) is 4.38. The van der Waals surface area contributed by atoms with Gasteiger partial charge < -0.3 is 14.7 Å². The Labute approximate surface area is 173 Å². The van der Waals surface area contributed by atoms with Gasteiger partial charge in [-0.1, -0.05) is 24.3 Å². The number of carboxylic acid groups (broad SMARTS) is 1. The molecule has 1 atom stereocenters. The van der Waals surface area contributed by atoms with Crippen LogP contribution in [0.2, 0.25) is 0 Å². The van der Waals surface area contributed by atoms with Gasteiger partial charge in [0.25, 0.3) is 0 Å². The van der Waals surface area contributed by atoms with E-state index < -0.39 is 5.97 Å². The average molecular weight is 398 g/mol. The molecule has 156 valence electrons. The van der Waals surface area contributed by atoms with Crippen molar-refractivity contribution in [3.05, 3.63) is 47.0 Å². The van der Waals surface area contributed by atoms with E-state index in [2.05, 4.69) is 6.58 Å². The van der Waals surface area contributed by atoms with E-state index in [1.54, 1.807) is 37.2 Å². The lowest BCUT2D eigenvalue weighted by atomic mass is 9.71. The molecule has 1 heterocycles. The summed E-state index contributed by atoms with van der Waals surface area (Å²) in [6.07, 6.45) is 7.15. The van der Waals surface area contributed by atoms with Crippen LogP contribution in [0.5, 0.6) is 0 Å². The minimum absolute atomic E-state index is 0.0801. The van der Waals surface area contributed by atoms with Gasteiger partial charge in [0.05, 0.1) is 5.56 Å². The number of hydrogen-bond donors (Lipinski definition) is 1. The monoisotopic (exact) mass is 397 g/mol. The van der Waals surface area contributed by atoms with Gasteiger partial charge in [-0.15, -0.1) is 0 Å². The molecule has 1 saturated heterocycles. The number of benzene rings is 1. The van der Waals surface area contributed by atoms with Crippen molar-refractivity contribution in [3.8, 4) is 0 Å². The third kappa shape index (κ3) is 4.96. The maximum absolute atomic E-state index is 12.5. The van der Waals surface area contributed by atoms with Crippen molar-refractivity contribution in [2.75, 3.05) is 27.3 Å². The number of aromatic carboxylic acids is 1. The van der Waals surface area contributed by atoms with Crippen molar-refractivity contribution < 1.29 is 19.4 Å². The molecule has 5 nitrogen and oxygen atoms in total. The normalized spacial score (nSPS) is 20.4. The SMILES string of the molecule is C=Cc1ccc(C(=O)O)cc1C1=C(CC(=O)N(C)C)CCC(C2CCOCC2)C1. The highest BCUT2D eigenvalue weighted by Crippen LogP contribution is 2.43. The average Bonchev–Trinajstić information content (AvgIpc) is 2.74. The van der Waals surface area contributed by atoms with Crippen molar-refractivity contribution >= 4 is 23.5 Å². The van der Waals surface area contributed by atoms with Crippen molar-refractivity contribution in [2.45, 2.75) is 38.5 Å². The Bertz CT molecular complexity index is 818. The van der Waals surface area contributed by atoms with Gasteiger partial charge in [0.1, 0.15) is 0 Å². The smallest absolute Gasteiger partial charge is 0.335 e. The van der Waals surface area contributed by atoms with E-state index in [0.29, 0.717) is 18.3 Å². The molecule has 1 fully saturated rings. The summed E-state index contributed by atoms with van der Waals surface area (Å²) in [6.45, 7) is 5.56. The molecular formula is C24H31NO4. The topological polar surface area (TPSA) is 66.8 Å². The van der Waals surface area contributed by atoms with Gasteiger partial charge in [0, 0.05) is 33.7 Å². The third-order valence-corrected chi connectivity index (χ3v) is 6.35. The van der Waals surface area contributed by atoms with Crippen LogP contribution < -0.4 is 0 Å². The summed E-state index contributed by atoms with van der Waals surface area (Å²) in [6, 6.07) is 5.19. The van der Waals surface area contributed by atoms with Gasteiger partial charge >= 0.3 is 5.97 Å². The quantitative estimate of drug-likeness (QED) is 0.768. The van der Waals surface area contributed by atoms with Gasteiger partial charge in [-0.05, 0) is 72.8 Å². The molecule has 0 aromatic heterocycles. The van der Waals surface area contributed by atoms with Crippen LogP contribution in [-0.4, -0.2) is 49.2 Å². The predicted octanol–water partition coefficient (Wildman–Crippen LogP) is 4.49. The van der Waals surface area contributed by atoms with E-state index in [1.165, 1.54) is 0 Å². The number of carbonyl (C=O) groups excluding carboxylic acids is 1. The van der Waals surface area contributed by atoms with Crippen molar-refractivity contribution in [1.29, 1.82) is 0 Å². The Kier molecular flexibility index (Phi) is 6.91. The molecule has 0 spiro atoms. The molecule has 1 aliphatic heterocycles. The number of carboxylic acids is 1. The summed E-state index contributed by atoms with van der Waals surface area (Å²) in [7, 11) is 3.55. The molecule has 1 aromatic rings. The van der Waals surface area contributed by atoms with E-state index >= 15 is 0 Å². The maximum atomic E-state index is 12.5. The fourth-order valence-electron chi connectivity index (χ4n) is 4.57. The van der Waals surface area contributed by atoms with Gasteiger partial charge in [0.15, 0.2) is 0 Å². The lowest BCUT2D eigenvalue weighted by molar-refractivity contribution is -0.128. The Morgan fingerprint density at radius 1 is 1.21 bits per heavy atom. The van der Waals surface area contributed by atoms with E-state index in [9.17, 15) is 14.7 Å². The predicted molar refractivity (Wildman–Crippen MR) is 115 cm³/mol. The Morgan fingerprint density at radius 2 is 1.93 bits per heavy atom. The highest BCUT2D eigenvalue weighted by Gasteiger charge is 2.31. The van der Waals surface area contributed by atoms with Crippen LogP contribution in [0.15, 0.2) is 30.4 Å². The molecule has 5 heteroatoms. The van der Waals surface area contributed by atoms with Crippen LogP contribution in [0.4, 0.5) is 0 Å². The highest BCUT2D eigenvalue weighted by molar-refractivity contribution is 5.91. The second-order valence-corrected chi connectivity index (χ2v) is 8.31. The largest absolute Gasteiger partial charge is 0.478 e. The minimum Gasteiger partial charge on any atom is -0.478 e. The Hall–Kier alpha value is -2.40. The number of rotatable bonds is 6. The van der Waals surface area contributed by atoms with E-state index in [0.717, 1.165) is 67.6 Å². The van der Waals surface area contributed by atoms with Crippen LogP contribution in [0.3, 0.4) is 0 Å². The number of allylic oxidation sites excluding steroid dienone is 1. The molecule has 2 aliphatic rings. The van der Waals surface area contributed by atoms with E-state index in [4.69, 9.17) is 4.74 Å².